The van der Waals surface area contributed by atoms with E-state index in [0.29, 0.717) is 12.2 Å². The van der Waals surface area contributed by atoms with Gasteiger partial charge in [0.05, 0.1) is 19.0 Å². The molecular weight excluding hydrogens is 354 g/mol. The van der Waals surface area contributed by atoms with Crippen molar-refractivity contribution in [2.75, 3.05) is 20.2 Å². The number of aryl methyl sites for hydroxylation is 1. The van der Waals surface area contributed by atoms with Crippen molar-refractivity contribution in [1.82, 2.24) is 24.2 Å². The highest BCUT2D eigenvalue weighted by molar-refractivity contribution is 5.92. The van der Waals surface area contributed by atoms with Gasteiger partial charge in [0.25, 0.3) is 5.91 Å². The van der Waals surface area contributed by atoms with Crippen LogP contribution in [0.4, 0.5) is 0 Å². The van der Waals surface area contributed by atoms with E-state index in [9.17, 15) is 4.79 Å². The predicted molar refractivity (Wildman–Crippen MR) is 104 cm³/mol. The molecule has 0 aliphatic carbocycles. The van der Waals surface area contributed by atoms with E-state index in [1.54, 1.807) is 24.1 Å². The summed E-state index contributed by atoms with van der Waals surface area (Å²) >= 11 is 0. The molecular formula is C21H23N5O2. The Kier molecular flexibility index (Phi) is 3.79. The number of hydrogen-bond acceptors (Lipinski definition) is 4. The van der Waals surface area contributed by atoms with E-state index in [1.807, 2.05) is 36.3 Å². The van der Waals surface area contributed by atoms with Crippen LogP contribution in [-0.2, 0) is 19.0 Å². The maximum Gasteiger partial charge on any atom is 0.274 e. The molecule has 1 saturated heterocycles. The summed E-state index contributed by atoms with van der Waals surface area (Å²) in [5.41, 5.74) is 2.58. The topological polar surface area (TPSA) is 65.2 Å². The van der Waals surface area contributed by atoms with Crippen molar-refractivity contribution in [2.24, 2.45) is 7.05 Å². The van der Waals surface area contributed by atoms with Crippen LogP contribution in [0.5, 0.6) is 5.75 Å². The second-order valence-electron chi connectivity index (χ2n) is 7.70. The third-order valence-corrected chi connectivity index (χ3v) is 6.10. The summed E-state index contributed by atoms with van der Waals surface area (Å²) in [7, 11) is 3.52. The maximum absolute atomic E-state index is 12.8. The van der Waals surface area contributed by atoms with Crippen molar-refractivity contribution in [2.45, 2.75) is 24.8 Å². The minimum Gasteiger partial charge on any atom is -0.496 e. The lowest BCUT2D eigenvalue weighted by atomic mass is 9.85. The molecule has 2 aliphatic rings. The number of ether oxygens (including phenoxy) is 1. The highest BCUT2D eigenvalue weighted by Crippen LogP contribution is 2.45. The second kappa shape index (κ2) is 6.22. The number of para-hydroxylation sites is 1. The molecule has 1 atom stereocenters. The van der Waals surface area contributed by atoms with Crippen LogP contribution < -0.4 is 4.74 Å². The third kappa shape index (κ3) is 2.46. The number of amides is 1. The van der Waals surface area contributed by atoms with Gasteiger partial charge in [0.1, 0.15) is 17.3 Å². The van der Waals surface area contributed by atoms with Crippen molar-refractivity contribution in [3.8, 4) is 17.0 Å². The predicted octanol–water partition coefficient (Wildman–Crippen LogP) is 2.48. The summed E-state index contributed by atoms with van der Waals surface area (Å²) in [6.07, 6.45) is 5.69. The standard InChI is InChI=1S/C21H23N5O2/c1-24-10-7-16(23-24)19(27)25-11-8-21(14-25)9-12-26-17(13-22-20(21)26)15-5-3-4-6-18(15)28-2/h3-7,10,13H,8-9,11-12,14H2,1-2H3/t21-/m1/s1. The highest BCUT2D eigenvalue weighted by Gasteiger charge is 2.48. The lowest BCUT2D eigenvalue weighted by molar-refractivity contribution is 0.0776. The van der Waals surface area contributed by atoms with Gasteiger partial charge in [-0.2, -0.15) is 5.10 Å². The van der Waals surface area contributed by atoms with Crippen LogP contribution in [0.1, 0.15) is 29.2 Å². The number of imidazole rings is 1. The molecule has 1 fully saturated rings. The summed E-state index contributed by atoms with van der Waals surface area (Å²) in [4.78, 5) is 19.6. The molecule has 2 aliphatic heterocycles. The van der Waals surface area contributed by atoms with Crippen molar-refractivity contribution in [1.29, 1.82) is 0 Å². The zero-order chi connectivity index (χ0) is 19.3. The Morgan fingerprint density at radius 2 is 2.00 bits per heavy atom. The van der Waals surface area contributed by atoms with Crippen LogP contribution in [0.3, 0.4) is 0 Å². The van der Waals surface area contributed by atoms with Gasteiger partial charge in [0.2, 0.25) is 0 Å². The smallest absolute Gasteiger partial charge is 0.274 e. The Bertz CT molecular complexity index is 1050. The minimum absolute atomic E-state index is 0.00688. The summed E-state index contributed by atoms with van der Waals surface area (Å²) in [6.45, 7) is 2.35. The lowest BCUT2D eigenvalue weighted by Crippen LogP contribution is -2.34. The van der Waals surface area contributed by atoms with Gasteiger partial charge in [0.15, 0.2) is 0 Å². The molecule has 3 aromatic rings. The number of aromatic nitrogens is 4. The van der Waals surface area contributed by atoms with Crippen LogP contribution >= 0.6 is 0 Å². The van der Waals surface area contributed by atoms with E-state index in [1.165, 1.54) is 0 Å². The van der Waals surface area contributed by atoms with E-state index in [-0.39, 0.29) is 11.3 Å². The van der Waals surface area contributed by atoms with Crippen LogP contribution in [0.2, 0.25) is 0 Å². The summed E-state index contributed by atoms with van der Waals surface area (Å²) in [6, 6.07) is 9.82. The maximum atomic E-state index is 12.8. The average molecular weight is 377 g/mol. The molecule has 1 aromatic carbocycles. The molecule has 0 radical (unpaired) electrons. The van der Waals surface area contributed by atoms with Crippen LogP contribution in [-0.4, -0.2) is 50.3 Å². The van der Waals surface area contributed by atoms with Gasteiger partial charge < -0.3 is 14.2 Å². The average Bonchev–Trinajstić information content (AvgIpc) is 3.48. The number of benzene rings is 1. The Labute approximate surface area is 163 Å². The minimum atomic E-state index is -0.0648. The van der Waals surface area contributed by atoms with Crippen LogP contribution in [0.25, 0.3) is 11.3 Å². The van der Waals surface area contributed by atoms with Crippen LogP contribution in [0.15, 0.2) is 42.7 Å². The van der Waals surface area contributed by atoms with Gasteiger partial charge in [-0.1, -0.05) is 12.1 Å². The van der Waals surface area contributed by atoms with Gasteiger partial charge >= 0.3 is 0 Å². The first-order valence-corrected chi connectivity index (χ1v) is 9.60. The Morgan fingerprint density at radius 1 is 1.18 bits per heavy atom. The number of carbonyl (C=O) groups excluding carboxylic acids is 1. The number of likely N-dealkylation sites (tertiary alicyclic amines) is 1. The zero-order valence-electron chi connectivity index (χ0n) is 16.1. The van der Waals surface area contributed by atoms with E-state index in [4.69, 9.17) is 9.72 Å². The number of fused-ring (bicyclic) bond motifs is 2. The molecule has 0 bridgehead atoms. The normalized spacial score (nSPS) is 20.7. The number of methoxy groups -OCH3 is 1. The molecule has 144 valence electrons. The Hall–Kier alpha value is -3.09. The van der Waals surface area contributed by atoms with Gasteiger partial charge in [-0.3, -0.25) is 9.48 Å². The molecule has 7 nitrogen and oxygen atoms in total. The Balaban J connectivity index is 1.45. The molecule has 2 aromatic heterocycles. The molecule has 1 amide bonds. The van der Waals surface area contributed by atoms with Gasteiger partial charge in [-0.15, -0.1) is 0 Å². The molecule has 1 spiro atoms. The molecule has 28 heavy (non-hydrogen) atoms. The van der Waals surface area contributed by atoms with Crippen molar-refractivity contribution >= 4 is 5.91 Å². The fourth-order valence-corrected chi connectivity index (χ4v) is 4.66. The number of carbonyl (C=O) groups is 1. The molecule has 0 saturated carbocycles. The summed E-state index contributed by atoms with van der Waals surface area (Å²) < 4.78 is 9.51. The van der Waals surface area contributed by atoms with Crippen LogP contribution in [0, 0.1) is 0 Å². The van der Waals surface area contributed by atoms with Gasteiger partial charge in [0, 0.05) is 43.9 Å². The first-order valence-electron chi connectivity index (χ1n) is 9.60. The molecule has 5 rings (SSSR count). The quantitative estimate of drug-likeness (QED) is 0.703. The summed E-state index contributed by atoms with van der Waals surface area (Å²) in [5.74, 6) is 1.95. The van der Waals surface area contributed by atoms with Gasteiger partial charge in [-0.25, -0.2) is 4.98 Å². The van der Waals surface area contributed by atoms with E-state index in [0.717, 1.165) is 48.8 Å². The fraction of sp³-hybridized carbons (Fsp3) is 0.381. The van der Waals surface area contributed by atoms with Crippen molar-refractivity contribution in [3.63, 3.8) is 0 Å². The number of rotatable bonds is 3. The largest absolute Gasteiger partial charge is 0.496 e. The molecule has 4 heterocycles. The third-order valence-electron chi connectivity index (χ3n) is 6.10. The first-order chi connectivity index (χ1) is 13.6. The monoisotopic (exact) mass is 377 g/mol. The first kappa shape index (κ1) is 17.0. The van der Waals surface area contributed by atoms with E-state index >= 15 is 0 Å². The fourth-order valence-electron chi connectivity index (χ4n) is 4.66. The van der Waals surface area contributed by atoms with Gasteiger partial charge in [-0.05, 0) is 31.0 Å². The zero-order valence-corrected chi connectivity index (χ0v) is 16.1. The highest BCUT2D eigenvalue weighted by atomic mass is 16.5. The second-order valence-corrected chi connectivity index (χ2v) is 7.70. The number of nitrogens with zero attached hydrogens (tertiary/aromatic N) is 5. The lowest BCUT2D eigenvalue weighted by Gasteiger charge is -2.22. The molecule has 0 unspecified atom stereocenters. The molecule has 0 N–H and O–H groups in total. The SMILES string of the molecule is COc1ccccc1-c1cnc2n1CC[C@@]21CCN(C(=O)c2ccn(C)n2)C1. The Morgan fingerprint density at radius 3 is 2.79 bits per heavy atom. The van der Waals surface area contributed by atoms with E-state index < -0.39 is 0 Å². The van der Waals surface area contributed by atoms with Crippen molar-refractivity contribution < 1.29 is 9.53 Å². The number of hydrogen-bond donors (Lipinski definition) is 0. The van der Waals surface area contributed by atoms with E-state index in [2.05, 4.69) is 15.7 Å². The van der Waals surface area contributed by atoms with Crippen molar-refractivity contribution in [3.05, 3.63) is 54.2 Å². The summed E-state index contributed by atoms with van der Waals surface area (Å²) in [5, 5.41) is 4.27. The molecule has 7 heteroatoms.